The van der Waals surface area contributed by atoms with E-state index >= 15 is 0 Å². The molecule has 0 aliphatic rings. The minimum atomic E-state index is -2.31. The molecule has 1 unspecified atom stereocenters. The van der Waals surface area contributed by atoms with Gasteiger partial charge in [0, 0.05) is 13.1 Å². The molecule has 0 amide bonds. The number of hydrogen-bond donors (Lipinski definition) is 1. The van der Waals surface area contributed by atoms with Gasteiger partial charge in [0.25, 0.3) is 0 Å². The fourth-order valence-electron chi connectivity index (χ4n) is 1.51. The normalized spacial score (nSPS) is 11.0. The van der Waals surface area contributed by atoms with Crippen molar-refractivity contribution in [1.82, 2.24) is 9.97 Å². The molecule has 0 bridgehead atoms. The highest BCUT2D eigenvalue weighted by Crippen LogP contribution is 2.18. The number of benzene rings is 1. The van der Waals surface area contributed by atoms with Crippen LogP contribution in [0.4, 0.5) is 5.95 Å². The van der Waals surface area contributed by atoms with E-state index in [4.69, 9.17) is 19.2 Å². The Labute approximate surface area is 125 Å². The second-order valence-electron chi connectivity index (χ2n) is 3.75. The van der Waals surface area contributed by atoms with E-state index in [1.807, 2.05) is 30.3 Å². The van der Waals surface area contributed by atoms with Gasteiger partial charge in [0.1, 0.15) is 0 Å². The molecule has 2 aromatic rings. The topological polar surface area (TPSA) is 114 Å². The Morgan fingerprint density at radius 1 is 1.43 bits per heavy atom. The molecule has 1 aromatic carbocycles. The molecular weight excluding hydrogens is 292 g/mol. The van der Waals surface area contributed by atoms with Gasteiger partial charge >= 0.3 is 0 Å². The first-order valence-corrected chi connectivity index (χ1v) is 6.85. The third-order valence-corrected chi connectivity index (χ3v) is 2.60. The summed E-state index contributed by atoms with van der Waals surface area (Å²) in [6.07, 6.45) is 2.29. The van der Waals surface area contributed by atoms with Crippen molar-refractivity contribution in [1.29, 1.82) is 0 Å². The van der Waals surface area contributed by atoms with Crippen LogP contribution in [0.25, 0.3) is 0 Å². The van der Waals surface area contributed by atoms with Gasteiger partial charge in [-0.1, -0.05) is 30.3 Å². The molecule has 0 aliphatic heterocycles. The zero-order chi connectivity index (χ0) is 15.7. The third-order valence-electron chi connectivity index (χ3n) is 2.39. The Bertz CT molecular complexity index is 608. The van der Waals surface area contributed by atoms with E-state index in [0.717, 1.165) is 5.69 Å². The second kappa shape index (κ2) is 8.77. The van der Waals surface area contributed by atoms with Crippen molar-refractivity contribution in [2.24, 2.45) is 4.40 Å². The van der Waals surface area contributed by atoms with Gasteiger partial charge in [0.05, 0.1) is 30.3 Å². The lowest BCUT2D eigenvalue weighted by Gasteiger charge is -2.07. The van der Waals surface area contributed by atoms with Crippen LogP contribution in [0.2, 0.25) is 0 Å². The summed E-state index contributed by atoms with van der Waals surface area (Å²) in [5.74, 6) is 0.935. The molecule has 0 aliphatic carbocycles. The quantitative estimate of drug-likeness (QED) is 0.669. The number of nitrogens with two attached hydrogens (primary N) is 1. The highest BCUT2D eigenvalue weighted by Gasteiger charge is 2.06. The van der Waals surface area contributed by atoms with E-state index < -0.39 is 11.3 Å². The SMILES string of the molecule is C=NS(=O)[O-].COc1cnc(N)nc1Cc1ccccc1. The molecule has 0 saturated heterocycles. The van der Waals surface area contributed by atoms with E-state index in [1.165, 1.54) is 5.56 Å². The Morgan fingerprint density at radius 2 is 2.05 bits per heavy atom. The number of nitrogens with zero attached hydrogens (tertiary/aromatic N) is 3. The largest absolute Gasteiger partial charge is 0.754 e. The molecule has 0 fully saturated rings. The zero-order valence-corrected chi connectivity index (χ0v) is 12.2. The Balaban J connectivity index is 0.000000383. The fraction of sp³-hybridized carbons (Fsp3) is 0.154. The maximum atomic E-state index is 9.14. The summed E-state index contributed by atoms with van der Waals surface area (Å²) >= 11 is -2.31. The van der Waals surface area contributed by atoms with E-state index in [-0.39, 0.29) is 5.95 Å². The van der Waals surface area contributed by atoms with Crippen LogP contribution in [0, 0.1) is 0 Å². The van der Waals surface area contributed by atoms with Crippen LogP contribution >= 0.6 is 0 Å². The molecule has 1 heterocycles. The van der Waals surface area contributed by atoms with Gasteiger partial charge in [0.15, 0.2) is 5.75 Å². The average Bonchev–Trinajstić information content (AvgIpc) is 2.49. The van der Waals surface area contributed by atoms with Gasteiger partial charge in [-0.25, -0.2) is 14.4 Å². The molecule has 0 spiro atoms. The molecule has 0 saturated carbocycles. The van der Waals surface area contributed by atoms with Crippen LogP contribution < -0.4 is 10.5 Å². The van der Waals surface area contributed by atoms with Crippen LogP contribution in [-0.2, 0) is 17.7 Å². The number of ether oxygens (including phenoxy) is 1. The minimum absolute atomic E-state index is 0.270. The molecule has 1 atom stereocenters. The number of nitrogen functional groups attached to an aromatic ring is 1. The summed E-state index contributed by atoms with van der Waals surface area (Å²) in [6, 6.07) is 10.0. The molecule has 112 valence electrons. The predicted octanol–water partition coefficient (Wildman–Crippen LogP) is 1.14. The minimum Gasteiger partial charge on any atom is -0.754 e. The van der Waals surface area contributed by atoms with Crippen molar-refractivity contribution in [3.05, 3.63) is 47.8 Å². The monoisotopic (exact) mass is 307 g/mol. The van der Waals surface area contributed by atoms with Gasteiger partial charge < -0.3 is 15.0 Å². The standard InChI is InChI=1S/C12H13N3O.CH3NO2S/c1-16-11-8-14-12(13)15-10(11)7-9-5-3-2-4-6-9;1-2-5(3)4/h2-6,8H,7H2,1H3,(H2,13,14,15);1H2,(H,3,4)/p-1. The summed E-state index contributed by atoms with van der Waals surface area (Å²) in [4.78, 5) is 8.07. The van der Waals surface area contributed by atoms with Gasteiger partial charge in [-0.15, -0.1) is 0 Å². The van der Waals surface area contributed by atoms with E-state index in [9.17, 15) is 0 Å². The summed E-state index contributed by atoms with van der Waals surface area (Å²) < 4.78 is 26.0. The van der Waals surface area contributed by atoms with Crippen LogP contribution in [-0.4, -0.2) is 32.6 Å². The highest BCUT2D eigenvalue weighted by molar-refractivity contribution is 7.77. The van der Waals surface area contributed by atoms with E-state index in [0.29, 0.717) is 12.2 Å². The highest BCUT2D eigenvalue weighted by atomic mass is 32.2. The number of rotatable bonds is 4. The van der Waals surface area contributed by atoms with E-state index in [2.05, 4.69) is 21.1 Å². The number of aromatic nitrogens is 2. The van der Waals surface area contributed by atoms with Crippen LogP contribution in [0.5, 0.6) is 5.75 Å². The van der Waals surface area contributed by atoms with Gasteiger partial charge in [-0.05, 0) is 5.56 Å². The lowest BCUT2D eigenvalue weighted by atomic mass is 10.1. The second-order valence-corrected chi connectivity index (χ2v) is 4.44. The molecule has 1 aromatic heterocycles. The Hall–Kier alpha value is -2.32. The molecule has 8 heteroatoms. The first kappa shape index (κ1) is 16.7. The number of hydrogen-bond acceptors (Lipinski definition) is 6. The van der Waals surface area contributed by atoms with Crippen molar-refractivity contribution in [3.8, 4) is 5.75 Å². The van der Waals surface area contributed by atoms with Crippen molar-refractivity contribution >= 4 is 23.9 Å². The van der Waals surface area contributed by atoms with Crippen molar-refractivity contribution < 1.29 is 13.5 Å². The zero-order valence-electron chi connectivity index (χ0n) is 11.4. The summed E-state index contributed by atoms with van der Waals surface area (Å²) in [5, 5.41) is 0. The lowest BCUT2D eigenvalue weighted by Crippen LogP contribution is -2.02. The van der Waals surface area contributed by atoms with Crippen LogP contribution in [0.15, 0.2) is 40.9 Å². The summed E-state index contributed by atoms with van der Waals surface area (Å²) in [7, 11) is 1.60. The summed E-state index contributed by atoms with van der Waals surface area (Å²) in [5.41, 5.74) is 7.53. The molecule has 21 heavy (non-hydrogen) atoms. The Morgan fingerprint density at radius 3 is 2.57 bits per heavy atom. The first-order valence-electron chi connectivity index (χ1n) is 5.82. The first-order chi connectivity index (χ1) is 10.1. The molecule has 2 N–H and O–H groups in total. The van der Waals surface area contributed by atoms with E-state index in [1.54, 1.807) is 13.3 Å². The van der Waals surface area contributed by atoms with Crippen LogP contribution in [0.3, 0.4) is 0 Å². The smallest absolute Gasteiger partial charge is 0.220 e. The maximum absolute atomic E-state index is 9.14. The van der Waals surface area contributed by atoms with Crippen molar-refractivity contribution in [2.45, 2.75) is 6.42 Å². The third kappa shape index (κ3) is 6.11. The predicted molar refractivity (Wildman–Crippen MR) is 80.7 cm³/mol. The number of methoxy groups -OCH3 is 1. The van der Waals surface area contributed by atoms with Crippen molar-refractivity contribution in [3.63, 3.8) is 0 Å². The molecule has 7 nitrogen and oxygen atoms in total. The van der Waals surface area contributed by atoms with Gasteiger partial charge in [-0.3, -0.25) is 4.21 Å². The molecule has 2 rings (SSSR count). The molecular formula is C13H15N4O3S-. The summed E-state index contributed by atoms with van der Waals surface area (Å²) in [6.45, 7) is 2.70. The van der Waals surface area contributed by atoms with Gasteiger partial charge in [-0.2, -0.15) is 0 Å². The Kier molecular flexibility index (Phi) is 6.99. The average molecular weight is 307 g/mol. The van der Waals surface area contributed by atoms with Crippen molar-refractivity contribution in [2.75, 3.05) is 12.8 Å². The van der Waals surface area contributed by atoms with Crippen LogP contribution in [0.1, 0.15) is 11.3 Å². The number of anilines is 1. The molecule has 0 radical (unpaired) electrons. The lowest BCUT2D eigenvalue weighted by molar-refractivity contribution is 0.406. The fourth-order valence-corrected chi connectivity index (χ4v) is 1.51. The maximum Gasteiger partial charge on any atom is 0.220 e. The van der Waals surface area contributed by atoms with Gasteiger partial charge in [0.2, 0.25) is 5.95 Å².